The average Bonchev–Trinajstić information content (AvgIpc) is 2.70. The summed E-state index contributed by atoms with van der Waals surface area (Å²) < 4.78 is 24.0. The van der Waals surface area contributed by atoms with Crippen molar-refractivity contribution < 1.29 is 13.2 Å². The highest BCUT2D eigenvalue weighted by Gasteiger charge is 2.28. The number of rotatable bonds is 6. The molecule has 3 aromatic carbocycles. The SMILES string of the molecule is Cc1ccc(-c2ccc(CC(=O)c3ccc(CS(=O)(=O)C(C)(C)C)cc3)cc2)cc1C. The minimum atomic E-state index is -3.25. The normalized spacial score (nSPS) is 12.0. The summed E-state index contributed by atoms with van der Waals surface area (Å²) in [4.78, 5) is 12.7. The van der Waals surface area contributed by atoms with Crippen LogP contribution in [-0.2, 0) is 22.0 Å². The van der Waals surface area contributed by atoms with E-state index in [2.05, 4.69) is 32.0 Å². The molecular weight excluding hydrogens is 404 g/mol. The van der Waals surface area contributed by atoms with E-state index >= 15 is 0 Å². The van der Waals surface area contributed by atoms with Crippen LogP contribution in [-0.4, -0.2) is 18.9 Å². The van der Waals surface area contributed by atoms with Gasteiger partial charge in [0.25, 0.3) is 0 Å². The van der Waals surface area contributed by atoms with Gasteiger partial charge in [0.05, 0.1) is 10.5 Å². The van der Waals surface area contributed by atoms with Crippen molar-refractivity contribution in [3.8, 4) is 11.1 Å². The van der Waals surface area contributed by atoms with E-state index < -0.39 is 14.6 Å². The first-order valence-electron chi connectivity index (χ1n) is 10.5. The molecule has 162 valence electrons. The molecule has 0 amide bonds. The van der Waals surface area contributed by atoms with Gasteiger partial charge in [0.1, 0.15) is 0 Å². The van der Waals surface area contributed by atoms with Crippen molar-refractivity contribution >= 4 is 15.6 Å². The van der Waals surface area contributed by atoms with Gasteiger partial charge in [0.15, 0.2) is 15.6 Å². The fraction of sp³-hybridized carbons (Fsp3) is 0.296. The third-order valence-corrected chi connectivity index (χ3v) is 8.30. The number of Topliss-reactive ketones (excluding diaryl/α,β-unsaturated/α-hetero) is 1. The van der Waals surface area contributed by atoms with Crippen LogP contribution < -0.4 is 0 Å². The third-order valence-electron chi connectivity index (χ3n) is 5.72. The second-order valence-electron chi connectivity index (χ2n) is 9.16. The fourth-order valence-corrected chi connectivity index (χ4v) is 4.31. The van der Waals surface area contributed by atoms with E-state index in [1.165, 1.54) is 16.7 Å². The van der Waals surface area contributed by atoms with Gasteiger partial charge in [0, 0.05) is 12.0 Å². The molecule has 0 aliphatic heterocycles. The van der Waals surface area contributed by atoms with Crippen LogP contribution in [0.2, 0.25) is 0 Å². The highest BCUT2D eigenvalue weighted by atomic mass is 32.2. The van der Waals surface area contributed by atoms with Crippen LogP contribution in [0.5, 0.6) is 0 Å². The molecule has 3 rings (SSSR count). The summed E-state index contributed by atoms with van der Waals surface area (Å²) in [6.45, 7) is 9.31. The van der Waals surface area contributed by atoms with Crippen LogP contribution in [0.4, 0.5) is 0 Å². The quantitative estimate of drug-likeness (QED) is 0.440. The Balaban J connectivity index is 1.68. The van der Waals surface area contributed by atoms with E-state index in [1.807, 2.05) is 24.3 Å². The Kier molecular flexibility index (Phi) is 6.51. The zero-order valence-electron chi connectivity index (χ0n) is 18.9. The Morgan fingerprint density at radius 3 is 1.84 bits per heavy atom. The minimum Gasteiger partial charge on any atom is -0.294 e. The van der Waals surface area contributed by atoms with Crippen LogP contribution in [0.25, 0.3) is 11.1 Å². The predicted molar refractivity (Wildman–Crippen MR) is 128 cm³/mol. The van der Waals surface area contributed by atoms with Gasteiger partial charge in [-0.15, -0.1) is 0 Å². The molecule has 3 nitrogen and oxygen atoms in total. The van der Waals surface area contributed by atoms with E-state index in [0.29, 0.717) is 17.5 Å². The molecule has 3 aromatic rings. The molecule has 0 fully saturated rings. The van der Waals surface area contributed by atoms with E-state index in [4.69, 9.17) is 0 Å². The van der Waals surface area contributed by atoms with Crippen LogP contribution in [0.1, 0.15) is 53.4 Å². The number of hydrogen-bond acceptors (Lipinski definition) is 3. The summed E-state index contributed by atoms with van der Waals surface area (Å²) in [6.07, 6.45) is 0.312. The number of hydrogen-bond donors (Lipinski definition) is 0. The molecule has 0 bridgehead atoms. The van der Waals surface area contributed by atoms with Gasteiger partial charge in [-0.05, 0) is 68.0 Å². The van der Waals surface area contributed by atoms with Crippen LogP contribution in [0, 0.1) is 13.8 Å². The Morgan fingerprint density at radius 2 is 1.29 bits per heavy atom. The monoisotopic (exact) mass is 434 g/mol. The predicted octanol–water partition coefficient (Wildman–Crippen LogP) is 6.11. The molecule has 0 unspecified atom stereocenters. The lowest BCUT2D eigenvalue weighted by Crippen LogP contribution is -2.29. The summed E-state index contributed by atoms with van der Waals surface area (Å²) >= 11 is 0. The Bertz CT molecular complexity index is 1180. The van der Waals surface area contributed by atoms with Gasteiger partial charge >= 0.3 is 0 Å². The molecule has 0 heterocycles. The van der Waals surface area contributed by atoms with E-state index in [0.717, 1.165) is 11.1 Å². The number of benzene rings is 3. The number of ketones is 1. The lowest BCUT2D eigenvalue weighted by atomic mass is 9.97. The van der Waals surface area contributed by atoms with Crippen molar-refractivity contribution in [2.45, 2.75) is 51.5 Å². The van der Waals surface area contributed by atoms with Gasteiger partial charge in [-0.3, -0.25) is 4.79 Å². The highest BCUT2D eigenvalue weighted by Crippen LogP contribution is 2.24. The molecule has 0 aromatic heterocycles. The number of sulfone groups is 1. The Labute approximate surface area is 186 Å². The number of carbonyl (C=O) groups is 1. The zero-order chi connectivity index (χ0) is 22.8. The van der Waals surface area contributed by atoms with Crippen molar-refractivity contribution in [2.75, 3.05) is 0 Å². The lowest BCUT2D eigenvalue weighted by molar-refractivity contribution is 0.0993. The first-order chi connectivity index (χ1) is 14.5. The fourth-order valence-electron chi connectivity index (χ4n) is 3.25. The number of carbonyl (C=O) groups excluding carboxylic acids is 1. The van der Waals surface area contributed by atoms with E-state index in [-0.39, 0.29) is 11.5 Å². The molecule has 0 aliphatic rings. The molecule has 0 saturated heterocycles. The van der Waals surface area contributed by atoms with Crippen LogP contribution in [0.3, 0.4) is 0 Å². The first kappa shape index (κ1) is 23.0. The van der Waals surface area contributed by atoms with Crippen molar-refractivity contribution in [3.05, 3.63) is 94.5 Å². The van der Waals surface area contributed by atoms with Gasteiger partial charge < -0.3 is 0 Å². The second-order valence-corrected chi connectivity index (χ2v) is 11.9. The van der Waals surface area contributed by atoms with Crippen molar-refractivity contribution in [2.24, 2.45) is 0 Å². The van der Waals surface area contributed by atoms with Crippen molar-refractivity contribution in [3.63, 3.8) is 0 Å². The van der Waals surface area contributed by atoms with Gasteiger partial charge in [-0.2, -0.15) is 0 Å². The van der Waals surface area contributed by atoms with Gasteiger partial charge in [0.2, 0.25) is 0 Å². The summed E-state index contributed by atoms with van der Waals surface area (Å²) in [5.74, 6) is -0.00516. The lowest BCUT2D eigenvalue weighted by Gasteiger charge is -2.19. The van der Waals surface area contributed by atoms with Crippen LogP contribution >= 0.6 is 0 Å². The van der Waals surface area contributed by atoms with Crippen LogP contribution in [0.15, 0.2) is 66.7 Å². The summed E-state index contributed by atoms with van der Waals surface area (Å²) in [6, 6.07) is 21.4. The molecule has 0 aliphatic carbocycles. The first-order valence-corrected chi connectivity index (χ1v) is 12.1. The largest absolute Gasteiger partial charge is 0.294 e. The summed E-state index contributed by atoms with van der Waals surface area (Å²) in [5, 5.41) is 0. The Morgan fingerprint density at radius 1 is 0.742 bits per heavy atom. The van der Waals surface area contributed by atoms with Crippen molar-refractivity contribution in [1.82, 2.24) is 0 Å². The average molecular weight is 435 g/mol. The second kappa shape index (κ2) is 8.80. The maximum absolute atomic E-state index is 12.7. The zero-order valence-corrected chi connectivity index (χ0v) is 19.7. The van der Waals surface area contributed by atoms with Gasteiger partial charge in [-0.1, -0.05) is 66.7 Å². The molecular formula is C27H30O3S. The van der Waals surface area contributed by atoms with E-state index in [9.17, 15) is 13.2 Å². The maximum atomic E-state index is 12.7. The molecule has 4 heteroatoms. The molecule has 0 radical (unpaired) electrons. The molecule has 0 spiro atoms. The topological polar surface area (TPSA) is 51.2 Å². The standard InChI is InChI=1S/C27H30O3S/c1-19-6-11-25(16-20(19)2)23-12-7-21(8-13-23)17-26(28)24-14-9-22(10-15-24)18-31(29,30)27(3,4)5/h6-16H,17-18H2,1-5H3. The molecule has 0 N–H and O–H groups in total. The third kappa shape index (κ3) is 5.50. The number of aryl methyl sites for hydroxylation is 2. The minimum absolute atomic E-state index is 0.0177. The van der Waals surface area contributed by atoms with Gasteiger partial charge in [-0.25, -0.2) is 8.42 Å². The Hall–Kier alpha value is -2.72. The van der Waals surface area contributed by atoms with Crippen molar-refractivity contribution in [1.29, 1.82) is 0 Å². The summed E-state index contributed by atoms with van der Waals surface area (Å²) in [5.41, 5.74) is 7.07. The smallest absolute Gasteiger partial charge is 0.167 e. The molecule has 0 atom stereocenters. The highest BCUT2D eigenvalue weighted by molar-refractivity contribution is 7.91. The van der Waals surface area contributed by atoms with E-state index in [1.54, 1.807) is 45.0 Å². The summed E-state index contributed by atoms with van der Waals surface area (Å²) in [7, 11) is -3.25. The maximum Gasteiger partial charge on any atom is 0.167 e. The molecule has 31 heavy (non-hydrogen) atoms. The molecule has 0 saturated carbocycles.